The van der Waals surface area contributed by atoms with E-state index in [2.05, 4.69) is 17.2 Å². The van der Waals surface area contributed by atoms with Crippen LogP contribution in [-0.2, 0) is 5.60 Å². The minimum absolute atomic E-state index is 0.0657. The van der Waals surface area contributed by atoms with Gasteiger partial charge in [-0.1, -0.05) is 6.08 Å². The largest absolute Gasteiger partial charge is 0.466 e. The molecule has 0 aliphatic carbocycles. The number of aliphatic hydroxyl groups is 1. The Hall–Kier alpha value is -1.75. The van der Waals surface area contributed by atoms with Crippen molar-refractivity contribution in [1.82, 2.24) is 10.6 Å². The van der Waals surface area contributed by atoms with E-state index < -0.39 is 5.60 Å². The van der Waals surface area contributed by atoms with Crippen LogP contribution >= 0.6 is 0 Å². The number of hydrogen-bond acceptors (Lipinski definition) is 3. The number of furan rings is 1. The van der Waals surface area contributed by atoms with E-state index in [0.29, 0.717) is 5.76 Å². The SMILES string of the molecule is C=CC(C)NC(=O)NCC(C)(O)c1ccco1. The number of nitrogens with one attached hydrogen (secondary N) is 2. The second kappa shape index (κ2) is 5.54. The maximum atomic E-state index is 11.4. The van der Waals surface area contributed by atoms with Crippen LogP contribution in [0.2, 0.25) is 0 Å². The van der Waals surface area contributed by atoms with E-state index >= 15 is 0 Å². The molecule has 0 bridgehead atoms. The highest BCUT2D eigenvalue weighted by Crippen LogP contribution is 2.19. The van der Waals surface area contributed by atoms with Crippen molar-refractivity contribution in [1.29, 1.82) is 0 Å². The zero-order chi connectivity index (χ0) is 12.9. The predicted molar refractivity (Wildman–Crippen MR) is 64.5 cm³/mol. The number of carbonyl (C=O) groups is 1. The normalized spacial score (nSPS) is 15.7. The molecule has 3 N–H and O–H groups in total. The highest BCUT2D eigenvalue weighted by molar-refractivity contribution is 5.74. The van der Waals surface area contributed by atoms with Crippen LogP contribution in [0.3, 0.4) is 0 Å². The summed E-state index contributed by atoms with van der Waals surface area (Å²) in [5, 5.41) is 15.3. The maximum Gasteiger partial charge on any atom is 0.315 e. The van der Waals surface area contributed by atoms with Gasteiger partial charge in [0.15, 0.2) is 0 Å². The average Bonchev–Trinajstić information content (AvgIpc) is 2.80. The van der Waals surface area contributed by atoms with Crippen molar-refractivity contribution < 1.29 is 14.3 Å². The molecule has 1 heterocycles. The quantitative estimate of drug-likeness (QED) is 0.678. The third-order valence-corrected chi connectivity index (χ3v) is 2.36. The lowest BCUT2D eigenvalue weighted by molar-refractivity contribution is 0.0367. The van der Waals surface area contributed by atoms with Gasteiger partial charge in [0.2, 0.25) is 0 Å². The van der Waals surface area contributed by atoms with Crippen LogP contribution in [0.1, 0.15) is 19.6 Å². The summed E-state index contributed by atoms with van der Waals surface area (Å²) in [5.74, 6) is 0.412. The van der Waals surface area contributed by atoms with Gasteiger partial charge in [-0.05, 0) is 26.0 Å². The molecule has 0 radical (unpaired) electrons. The van der Waals surface area contributed by atoms with Crippen LogP contribution in [-0.4, -0.2) is 23.7 Å². The van der Waals surface area contributed by atoms with Gasteiger partial charge in [0.25, 0.3) is 0 Å². The Morgan fingerprint density at radius 3 is 3.00 bits per heavy atom. The average molecular weight is 238 g/mol. The lowest BCUT2D eigenvalue weighted by Crippen LogP contribution is -2.45. The summed E-state index contributed by atoms with van der Waals surface area (Å²) < 4.78 is 5.09. The van der Waals surface area contributed by atoms with Crippen molar-refractivity contribution in [2.45, 2.75) is 25.5 Å². The smallest absolute Gasteiger partial charge is 0.315 e. The molecule has 0 fully saturated rings. The standard InChI is InChI=1S/C12H18N2O3/c1-4-9(2)14-11(15)13-8-12(3,16)10-6-5-7-17-10/h4-7,9,16H,1,8H2,2-3H3,(H2,13,14,15). The highest BCUT2D eigenvalue weighted by Gasteiger charge is 2.26. The van der Waals surface area contributed by atoms with Crippen molar-refractivity contribution in [3.63, 3.8) is 0 Å². The molecule has 1 aromatic heterocycles. The number of urea groups is 1. The summed E-state index contributed by atoms with van der Waals surface area (Å²) in [6.45, 7) is 7.00. The van der Waals surface area contributed by atoms with Crippen molar-refractivity contribution in [3.8, 4) is 0 Å². The van der Waals surface area contributed by atoms with Crippen molar-refractivity contribution in [2.75, 3.05) is 6.54 Å². The Balaban J connectivity index is 2.45. The van der Waals surface area contributed by atoms with E-state index in [4.69, 9.17) is 4.42 Å². The van der Waals surface area contributed by atoms with Crippen LogP contribution in [0.4, 0.5) is 4.79 Å². The van der Waals surface area contributed by atoms with Gasteiger partial charge in [0, 0.05) is 6.04 Å². The number of hydrogen-bond donors (Lipinski definition) is 3. The van der Waals surface area contributed by atoms with Gasteiger partial charge in [-0.3, -0.25) is 0 Å². The van der Waals surface area contributed by atoms with Gasteiger partial charge in [-0.2, -0.15) is 0 Å². The minimum Gasteiger partial charge on any atom is -0.466 e. The zero-order valence-corrected chi connectivity index (χ0v) is 10.1. The molecule has 2 unspecified atom stereocenters. The highest BCUT2D eigenvalue weighted by atomic mass is 16.4. The van der Waals surface area contributed by atoms with Crippen molar-refractivity contribution in [3.05, 3.63) is 36.8 Å². The Morgan fingerprint density at radius 2 is 2.47 bits per heavy atom. The molecule has 0 aliphatic rings. The zero-order valence-electron chi connectivity index (χ0n) is 10.1. The molecule has 17 heavy (non-hydrogen) atoms. The number of rotatable bonds is 5. The second-order valence-corrected chi connectivity index (χ2v) is 4.10. The number of amides is 2. The van der Waals surface area contributed by atoms with Gasteiger partial charge in [-0.15, -0.1) is 6.58 Å². The fourth-order valence-corrected chi connectivity index (χ4v) is 1.24. The van der Waals surface area contributed by atoms with Gasteiger partial charge < -0.3 is 20.2 Å². The topological polar surface area (TPSA) is 74.5 Å². The van der Waals surface area contributed by atoms with Crippen LogP contribution < -0.4 is 10.6 Å². The van der Waals surface area contributed by atoms with E-state index in [1.165, 1.54) is 6.26 Å². The minimum atomic E-state index is -1.22. The molecule has 0 aliphatic heterocycles. The summed E-state index contributed by atoms with van der Waals surface area (Å²) >= 11 is 0. The summed E-state index contributed by atoms with van der Waals surface area (Å²) in [5.41, 5.74) is -1.22. The number of carbonyl (C=O) groups excluding carboxylic acids is 1. The predicted octanol–water partition coefficient (Wildman–Crippen LogP) is 1.36. The molecule has 5 heteroatoms. The molecule has 1 aromatic rings. The first-order valence-electron chi connectivity index (χ1n) is 5.39. The molecule has 1 rings (SSSR count). The van der Waals surface area contributed by atoms with Gasteiger partial charge in [0.05, 0.1) is 12.8 Å². The van der Waals surface area contributed by atoms with Crippen LogP contribution in [0.5, 0.6) is 0 Å². The Labute approximate surface area is 101 Å². The van der Waals surface area contributed by atoms with E-state index in [-0.39, 0.29) is 18.6 Å². The molecule has 0 spiro atoms. The first kappa shape index (κ1) is 13.3. The molecule has 2 atom stereocenters. The van der Waals surface area contributed by atoms with Gasteiger partial charge in [-0.25, -0.2) is 4.79 Å². The summed E-state index contributed by atoms with van der Waals surface area (Å²) in [6, 6.07) is 2.86. The fourth-order valence-electron chi connectivity index (χ4n) is 1.24. The fraction of sp³-hybridized carbons (Fsp3) is 0.417. The van der Waals surface area contributed by atoms with Crippen LogP contribution in [0, 0.1) is 0 Å². The van der Waals surface area contributed by atoms with Crippen molar-refractivity contribution >= 4 is 6.03 Å². The van der Waals surface area contributed by atoms with Crippen molar-refractivity contribution in [2.24, 2.45) is 0 Å². The van der Waals surface area contributed by atoms with Crippen LogP contribution in [0.15, 0.2) is 35.5 Å². The Bertz CT molecular complexity index is 371. The first-order valence-corrected chi connectivity index (χ1v) is 5.39. The Kier molecular flexibility index (Phi) is 4.34. The molecule has 0 saturated heterocycles. The second-order valence-electron chi connectivity index (χ2n) is 4.10. The van der Waals surface area contributed by atoms with Crippen LogP contribution in [0.25, 0.3) is 0 Å². The third-order valence-electron chi connectivity index (χ3n) is 2.36. The van der Waals surface area contributed by atoms with E-state index in [0.717, 1.165) is 0 Å². The summed E-state index contributed by atoms with van der Waals surface area (Å²) in [6.07, 6.45) is 3.09. The van der Waals surface area contributed by atoms with Gasteiger partial charge >= 0.3 is 6.03 Å². The molecule has 94 valence electrons. The van der Waals surface area contributed by atoms with E-state index in [1.807, 2.05) is 0 Å². The Morgan fingerprint density at radius 1 is 1.76 bits per heavy atom. The maximum absolute atomic E-state index is 11.4. The van der Waals surface area contributed by atoms with E-state index in [9.17, 15) is 9.90 Å². The molecule has 0 saturated carbocycles. The molecule has 5 nitrogen and oxygen atoms in total. The lowest BCUT2D eigenvalue weighted by atomic mass is 10.0. The first-order chi connectivity index (χ1) is 7.95. The third kappa shape index (κ3) is 3.96. The molecule has 2 amide bonds. The van der Waals surface area contributed by atoms with Gasteiger partial charge in [0.1, 0.15) is 11.4 Å². The summed E-state index contributed by atoms with van der Waals surface area (Å²) in [4.78, 5) is 11.4. The monoisotopic (exact) mass is 238 g/mol. The molecular weight excluding hydrogens is 220 g/mol. The molecule has 0 aromatic carbocycles. The lowest BCUT2D eigenvalue weighted by Gasteiger charge is -2.21. The summed E-state index contributed by atoms with van der Waals surface area (Å²) in [7, 11) is 0. The van der Waals surface area contributed by atoms with E-state index in [1.54, 1.807) is 32.1 Å². The molecular formula is C12H18N2O3.